The molecule has 0 saturated heterocycles. The molecule has 32 heavy (non-hydrogen) atoms. The molecule has 10 nitrogen and oxygen atoms in total. The molecular formula is C21H21N7O3S. The molecule has 4 aromatic rings. The van der Waals surface area contributed by atoms with E-state index in [9.17, 15) is 8.42 Å². The van der Waals surface area contributed by atoms with Gasteiger partial charge in [-0.1, -0.05) is 0 Å². The molecule has 1 aliphatic carbocycles. The van der Waals surface area contributed by atoms with Gasteiger partial charge in [0.1, 0.15) is 5.69 Å². The number of ether oxygens (including phenoxy) is 1. The number of rotatable bonds is 8. The summed E-state index contributed by atoms with van der Waals surface area (Å²) in [5.41, 5.74) is 3.30. The second-order valence-electron chi connectivity index (χ2n) is 7.49. The molecule has 0 amide bonds. The number of sulfonamides is 1. The number of nitrogens with one attached hydrogen (secondary N) is 1. The van der Waals surface area contributed by atoms with E-state index in [0.717, 1.165) is 10.9 Å². The molecule has 4 aromatic heterocycles. The Morgan fingerprint density at radius 2 is 2.00 bits per heavy atom. The Morgan fingerprint density at radius 3 is 2.81 bits per heavy atom. The molecule has 0 bridgehead atoms. The van der Waals surface area contributed by atoms with Crippen molar-refractivity contribution >= 4 is 26.6 Å². The van der Waals surface area contributed by atoms with Gasteiger partial charge in [0.05, 0.1) is 65.8 Å². The van der Waals surface area contributed by atoms with E-state index in [2.05, 4.69) is 29.8 Å². The van der Waals surface area contributed by atoms with Crippen LogP contribution in [0.4, 0.5) is 5.69 Å². The Morgan fingerprint density at radius 1 is 1.12 bits per heavy atom. The lowest BCUT2D eigenvalue weighted by Gasteiger charge is -2.09. The first kappa shape index (κ1) is 20.3. The van der Waals surface area contributed by atoms with Gasteiger partial charge in [-0.3, -0.25) is 24.4 Å². The van der Waals surface area contributed by atoms with Gasteiger partial charge in [-0.05, 0) is 38.0 Å². The summed E-state index contributed by atoms with van der Waals surface area (Å²) in [6, 6.07) is 5.27. The molecule has 0 atom stereocenters. The summed E-state index contributed by atoms with van der Waals surface area (Å²) in [5, 5.41) is 5.06. The Balaban J connectivity index is 1.38. The fourth-order valence-electron chi connectivity index (χ4n) is 3.34. The van der Waals surface area contributed by atoms with Crippen molar-refractivity contribution in [1.29, 1.82) is 0 Å². The molecule has 0 radical (unpaired) electrons. The topological polar surface area (TPSA) is 125 Å². The molecule has 1 N–H and O–H groups in total. The van der Waals surface area contributed by atoms with Gasteiger partial charge >= 0.3 is 0 Å². The van der Waals surface area contributed by atoms with Crippen LogP contribution in [0.25, 0.3) is 22.3 Å². The van der Waals surface area contributed by atoms with Gasteiger partial charge in [-0.25, -0.2) is 13.4 Å². The van der Waals surface area contributed by atoms with Crippen LogP contribution in [0.1, 0.15) is 25.5 Å². The summed E-state index contributed by atoms with van der Waals surface area (Å²) in [6.07, 6.45) is 9.69. The van der Waals surface area contributed by atoms with Crippen LogP contribution in [0.3, 0.4) is 0 Å². The number of nitrogens with zero attached hydrogens (tertiary/aromatic N) is 6. The van der Waals surface area contributed by atoms with Crippen molar-refractivity contribution in [3.63, 3.8) is 0 Å². The second-order valence-corrected chi connectivity index (χ2v) is 9.45. The minimum Gasteiger partial charge on any atom is -0.477 e. The first-order chi connectivity index (χ1) is 15.5. The van der Waals surface area contributed by atoms with Crippen molar-refractivity contribution in [2.45, 2.75) is 31.6 Å². The van der Waals surface area contributed by atoms with Gasteiger partial charge in [-0.2, -0.15) is 5.10 Å². The van der Waals surface area contributed by atoms with Gasteiger partial charge < -0.3 is 4.74 Å². The highest BCUT2D eigenvalue weighted by Crippen LogP contribution is 2.29. The average Bonchev–Trinajstić information content (AvgIpc) is 3.58. The predicted octanol–water partition coefficient (Wildman–Crippen LogP) is 2.63. The van der Waals surface area contributed by atoms with E-state index in [-0.39, 0.29) is 5.25 Å². The van der Waals surface area contributed by atoms with Crippen molar-refractivity contribution in [3.05, 3.63) is 54.9 Å². The summed E-state index contributed by atoms with van der Waals surface area (Å²) >= 11 is 0. The Kier molecular flexibility index (Phi) is 5.17. The number of hydrogen-bond acceptors (Lipinski definition) is 8. The first-order valence-corrected chi connectivity index (χ1v) is 11.8. The quantitative estimate of drug-likeness (QED) is 0.433. The van der Waals surface area contributed by atoms with Gasteiger partial charge in [-0.15, -0.1) is 0 Å². The Labute approximate surface area is 184 Å². The maximum absolute atomic E-state index is 12.2. The van der Waals surface area contributed by atoms with Crippen LogP contribution in [0.5, 0.6) is 5.88 Å². The summed E-state index contributed by atoms with van der Waals surface area (Å²) in [6.45, 7) is 2.78. The van der Waals surface area contributed by atoms with Crippen LogP contribution < -0.4 is 9.46 Å². The van der Waals surface area contributed by atoms with Crippen molar-refractivity contribution < 1.29 is 13.2 Å². The minimum absolute atomic E-state index is 0.284. The predicted molar refractivity (Wildman–Crippen MR) is 119 cm³/mol. The molecular weight excluding hydrogens is 430 g/mol. The van der Waals surface area contributed by atoms with Gasteiger partial charge in [0, 0.05) is 11.6 Å². The highest BCUT2D eigenvalue weighted by molar-refractivity contribution is 7.93. The fraction of sp³-hybridized carbons (Fsp3) is 0.286. The lowest BCUT2D eigenvalue weighted by Crippen LogP contribution is -2.17. The summed E-state index contributed by atoms with van der Waals surface area (Å²) in [4.78, 5) is 17.5. The third-order valence-corrected chi connectivity index (χ3v) is 6.92. The maximum atomic E-state index is 12.2. The summed E-state index contributed by atoms with van der Waals surface area (Å²) < 4.78 is 34.2. The van der Waals surface area contributed by atoms with E-state index >= 15 is 0 Å². The van der Waals surface area contributed by atoms with E-state index in [1.54, 1.807) is 47.8 Å². The molecule has 11 heteroatoms. The average molecular weight is 452 g/mol. The zero-order valence-electron chi connectivity index (χ0n) is 17.3. The molecule has 164 valence electrons. The third kappa shape index (κ3) is 4.24. The van der Waals surface area contributed by atoms with Crippen LogP contribution in [0.2, 0.25) is 0 Å². The molecule has 1 aliphatic rings. The summed E-state index contributed by atoms with van der Waals surface area (Å²) in [5.74, 6) is 0.450. The Bertz CT molecular complexity index is 1380. The van der Waals surface area contributed by atoms with Crippen molar-refractivity contribution in [2.24, 2.45) is 0 Å². The molecule has 1 saturated carbocycles. The smallest absolute Gasteiger partial charge is 0.235 e. The molecule has 0 aliphatic heterocycles. The van der Waals surface area contributed by atoms with E-state index < -0.39 is 10.0 Å². The van der Waals surface area contributed by atoms with Crippen LogP contribution in [-0.2, 0) is 16.6 Å². The lowest BCUT2D eigenvalue weighted by molar-refractivity contribution is 0.325. The fourth-order valence-corrected chi connectivity index (χ4v) is 4.72. The highest BCUT2D eigenvalue weighted by Gasteiger charge is 2.35. The molecule has 0 unspecified atom stereocenters. The van der Waals surface area contributed by atoms with Gasteiger partial charge in [0.25, 0.3) is 0 Å². The van der Waals surface area contributed by atoms with E-state index in [0.29, 0.717) is 54.6 Å². The van der Waals surface area contributed by atoms with Gasteiger partial charge in [0.2, 0.25) is 15.9 Å². The van der Waals surface area contributed by atoms with E-state index in [1.165, 1.54) is 0 Å². The summed E-state index contributed by atoms with van der Waals surface area (Å²) in [7, 11) is -3.32. The van der Waals surface area contributed by atoms with Crippen LogP contribution >= 0.6 is 0 Å². The molecule has 0 aromatic carbocycles. The molecule has 0 spiro atoms. The zero-order valence-corrected chi connectivity index (χ0v) is 18.2. The first-order valence-electron chi connectivity index (χ1n) is 10.2. The normalized spacial score (nSPS) is 13.9. The van der Waals surface area contributed by atoms with Gasteiger partial charge in [0.15, 0.2) is 0 Å². The second kappa shape index (κ2) is 8.15. The minimum atomic E-state index is -3.32. The molecule has 4 heterocycles. The molecule has 1 fully saturated rings. The largest absolute Gasteiger partial charge is 0.477 e. The monoisotopic (exact) mass is 451 g/mol. The number of anilines is 1. The number of fused-ring (bicyclic) bond motifs is 1. The number of aromatic nitrogens is 6. The lowest BCUT2D eigenvalue weighted by atomic mass is 10.2. The van der Waals surface area contributed by atoms with Crippen molar-refractivity contribution in [1.82, 2.24) is 29.7 Å². The molecule has 5 rings (SSSR count). The number of hydrogen-bond donors (Lipinski definition) is 1. The van der Waals surface area contributed by atoms with Crippen LogP contribution in [-0.4, -0.2) is 50.0 Å². The highest BCUT2D eigenvalue weighted by atomic mass is 32.2. The third-order valence-electron chi connectivity index (χ3n) is 5.05. The van der Waals surface area contributed by atoms with E-state index in [4.69, 9.17) is 4.74 Å². The number of pyridine rings is 2. The van der Waals surface area contributed by atoms with Crippen LogP contribution in [0.15, 0.2) is 49.2 Å². The SMILES string of the molecule is CCOc1cncc(-c2cc3cnn(Cc4cc(NS(=O)(=O)C5CC5)ccn4)c3cn2)n1. The maximum Gasteiger partial charge on any atom is 0.235 e. The van der Waals surface area contributed by atoms with Crippen LogP contribution in [0, 0.1) is 0 Å². The zero-order chi connectivity index (χ0) is 22.1. The van der Waals surface area contributed by atoms with Crippen molar-refractivity contribution in [3.8, 4) is 17.3 Å². The Hall–Kier alpha value is -3.60. The standard InChI is InChI=1S/C21H21N7O3S/c1-2-31-21-12-22-10-19(26-21)18-7-14-9-25-28(20(14)11-24-18)13-16-8-15(5-6-23-16)27-32(29,30)17-3-4-17/h5-12,17H,2-4,13H2,1H3,(H,23,27). The van der Waals surface area contributed by atoms with Crippen molar-refractivity contribution in [2.75, 3.05) is 11.3 Å². The van der Waals surface area contributed by atoms with E-state index in [1.807, 2.05) is 13.0 Å².